The van der Waals surface area contributed by atoms with Crippen LogP contribution in [0.4, 0.5) is 0 Å². The number of hydrogen-bond acceptors (Lipinski definition) is 4. The molecule has 16 heavy (non-hydrogen) atoms. The molecule has 0 aromatic carbocycles. The number of nitrogens with zero attached hydrogens (tertiary/aromatic N) is 1. The number of carbonyl (C=O) groups excluding carboxylic acids is 1. The molecule has 1 aromatic rings. The minimum absolute atomic E-state index is 0.0737. The molecule has 90 valence electrons. The van der Waals surface area contributed by atoms with E-state index in [9.17, 15) is 13.2 Å². The second-order valence-corrected chi connectivity index (χ2v) is 6.26. The van der Waals surface area contributed by atoms with Crippen molar-refractivity contribution in [3.63, 3.8) is 0 Å². The van der Waals surface area contributed by atoms with E-state index in [2.05, 4.69) is 15.9 Å². The largest absolute Gasteiger partial charge is 0.443 e. The first-order valence-electron chi connectivity index (χ1n) is 4.26. The number of furan rings is 1. The zero-order chi connectivity index (χ0) is 12.5. The third-order valence-corrected chi connectivity index (χ3v) is 4.13. The van der Waals surface area contributed by atoms with Crippen LogP contribution in [0.15, 0.2) is 20.0 Å². The lowest BCUT2D eigenvalue weighted by Crippen LogP contribution is -2.25. The second-order valence-electron chi connectivity index (χ2n) is 3.01. The van der Waals surface area contributed by atoms with Gasteiger partial charge in [0.25, 0.3) is 15.0 Å². The zero-order valence-corrected chi connectivity index (χ0v) is 11.7. The van der Waals surface area contributed by atoms with Gasteiger partial charge in [-0.3, -0.25) is 4.79 Å². The van der Waals surface area contributed by atoms with E-state index < -0.39 is 15.0 Å². The number of carbonyl (C=O) groups is 1. The van der Waals surface area contributed by atoms with Gasteiger partial charge < -0.3 is 9.32 Å². The highest BCUT2D eigenvalue weighted by Gasteiger charge is 2.24. The van der Waals surface area contributed by atoms with Crippen LogP contribution < -0.4 is 0 Å². The van der Waals surface area contributed by atoms with Crippen molar-refractivity contribution in [2.24, 2.45) is 0 Å². The van der Waals surface area contributed by atoms with Gasteiger partial charge in [-0.1, -0.05) is 0 Å². The molecule has 0 spiro atoms. The van der Waals surface area contributed by atoms with E-state index in [4.69, 9.17) is 15.1 Å². The topological polar surface area (TPSA) is 67.6 Å². The van der Waals surface area contributed by atoms with Crippen molar-refractivity contribution in [1.29, 1.82) is 0 Å². The van der Waals surface area contributed by atoms with Gasteiger partial charge in [0.15, 0.2) is 10.4 Å². The maximum Gasteiger partial charge on any atom is 0.289 e. The fourth-order valence-electron chi connectivity index (χ4n) is 0.955. The van der Waals surface area contributed by atoms with Crippen LogP contribution in [-0.4, -0.2) is 32.8 Å². The summed E-state index contributed by atoms with van der Waals surface area (Å²) in [5, 5.41) is 0. The molecule has 1 amide bonds. The molecule has 0 unspecified atom stereocenters. The number of hydrogen-bond donors (Lipinski definition) is 0. The first-order chi connectivity index (χ1) is 7.27. The van der Waals surface area contributed by atoms with Gasteiger partial charge in [0.1, 0.15) is 4.90 Å². The maximum absolute atomic E-state index is 11.6. The second kappa shape index (κ2) is 4.77. The first-order valence-corrected chi connectivity index (χ1v) is 7.37. The van der Waals surface area contributed by atoms with Gasteiger partial charge in [-0.05, 0) is 22.9 Å². The standard InChI is InChI=1S/C8H9BrClNO4S/c1-3-11(2)8(12)5-4-6(7(9)15-5)16(10,13)14/h4H,3H2,1-2H3. The monoisotopic (exact) mass is 329 g/mol. The third kappa shape index (κ3) is 2.78. The van der Waals surface area contributed by atoms with Crippen molar-refractivity contribution in [2.75, 3.05) is 13.6 Å². The Bertz CT molecular complexity index is 510. The van der Waals surface area contributed by atoms with E-state index >= 15 is 0 Å². The lowest BCUT2D eigenvalue weighted by Gasteiger charge is -2.11. The third-order valence-electron chi connectivity index (χ3n) is 1.95. The molecule has 0 aliphatic heterocycles. The molecule has 1 heterocycles. The van der Waals surface area contributed by atoms with Crippen molar-refractivity contribution in [3.05, 3.63) is 16.5 Å². The van der Waals surface area contributed by atoms with Crippen LogP contribution in [0.1, 0.15) is 17.5 Å². The Morgan fingerprint density at radius 1 is 1.62 bits per heavy atom. The Kier molecular flexibility index (Phi) is 4.03. The van der Waals surface area contributed by atoms with E-state index in [1.165, 1.54) is 4.90 Å². The van der Waals surface area contributed by atoms with Gasteiger partial charge in [0.05, 0.1) is 0 Å². The average Bonchev–Trinajstić information content (AvgIpc) is 2.57. The number of halogens is 2. The molecule has 5 nitrogen and oxygen atoms in total. The Morgan fingerprint density at radius 2 is 2.19 bits per heavy atom. The van der Waals surface area contributed by atoms with E-state index in [1.54, 1.807) is 14.0 Å². The molecule has 0 saturated heterocycles. The van der Waals surface area contributed by atoms with E-state index in [0.717, 1.165) is 6.07 Å². The number of amides is 1. The summed E-state index contributed by atoms with van der Waals surface area (Å²) in [6.45, 7) is 2.27. The number of rotatable bonds is 3. The Hall–Kier alpha value is -0.530. The summed E-state index contributed by atoms with van der Waals surface area (Å²) in [4.78, 5) is 12.8. The van der Waals surface area contributed by atoms with Crippen LogP contribution in [0.2, 0.25) is 0 Å². The Morgan fingerprint density at radius 3 is 2.56 bits per heavy atom. The minimum Gasteiger partial charge on any atom is -0.443 e. The molecule has 0 aliphatic rings. The van der Waals surface area contributed by atoms with Gasteiger partial charge in [0, 0.05) is 30.3 Å². The zero-order valence-electron chi connectivity index (χ0n) is 8.53. The summed E-state index contributed by atoms with van der Waals surface area (Å²) in [5.41, 5.74) is 0. The SMILES string of the molecule is CCN(C)C(=O)c1cc(S(=O)(=O)Cl)c(Br)o1. The molecule has 1 rings (SSSR count). The van der Waals surface area contributed by atoms with Gasteiger partial charge in [-0.15, -0.1) is 0 Å². The fourth-order valence-corrected chi connectivity index (χ4v) is 2.99. The predicted molar refractivity (Wildman–Crippen MR) is 62.1 cm³/mol. The van der Waals surface area contributed by atoms with Crippen molar-refractivity contribution < 1.29 is 17.6 Å². The van der Waals surface area contributed by atoms with Gasteiger partial charge in [0.2, 0.25) is 0 Å². The lowest BCUT2D eigenvalue weighted by atomic mass is 10.4. The first kappa shape index (κ1) is 13.5. The molecular formula is C8H9BrClNO4S. The molecule has 0 fully saturated rings. The predicted octanol–water partition coefficient (Wildman–Crippen LogP) is 2.06. The molecule has 0 saturated carbocycles. The van der Waals surface area contributed by atoms with Crippen molar-refractivity contribution in [2.45, 2.75) is 11.8 Å². The van der Waals surface area contributed by atoms with Crippen molar-refractivity contribution in [1.82, 2.24) is 4.90 Å². The van der Waals surface area contributed by atoms with Gasteiger partial charge in [-0.25, -0.2) is 8.42 Å². The van der Waals surface area contributed by atoms with E-state index in [1.807, 2.05) is 0 Å². The molecule has 0 aliphatic carbocycles. The van der Waals surface area contributed by atoms with Gasteiger partial charge >= 0.3 is 0 Å². The molecule has 0 bridgehead atoms. The average molecular weight is 331 g/mol. The lowest BCUT2D eigenvalue weighted by molar-refractivity contribution is 0.0769. The Balaban J connectivity index is 3.17. The quantitative estimate of drug-likeness (QED) is 0.796. The normalized spacial score (nSPS) is 11.5. The fraction of sp³-hybridized carbons (Fsp3) is 0.375. The van der Waals surface area contributed by atoms with Crippen molar-refractivity contribution in [3.8, 4) is 0 Å². The van der Waals surface area contributed by atoms with E-state index in [-0.39, 0.29) is 15.3 Å². The van der Waals surface area contributed by atoms with Crippen LogP contribution in [0.5, 0.6) is 0 Å². The van der Waals surface area contributed by atoms with Crippen LogP contribution >= 0.6 is 26.6 Å². The summed E-state index contributed by atoms with van der Waals surface area (Å²) < 4.78 is 27.1. The summed E-state index contributed by atoms with van der Waals surface area (Å²) in [6.07, 6.45) is 0. The van der Waals surface area contributed by atoms with Crippen LogP contribution in [0.3, 0.4) is 0 Å². The highest BCUT2D eigenvalue weighted by atomic mass is 79.9. The van der Waals surface area contributed by atoms with Crippen LogP contribution in [0, 0.1) is 0 Å². The Labute approximate surface area is 106 Å². The summed E-state index contributed by atoms with van der Waals surface area (Å²) in [5.74, 6) is -0.481. The summed E-state index contributed by atoms with van der Waals surface area (Å²) in [7, 11) is 2.81. The maximum atomic E-state index is 11.6. The minimum atomic E-state index is -3.92. The summed E-state index contributed by atoms with van der Waals surface area (Å²) in [6, 6.07) is 1.10. The highest BCUT2D eigenvalue weighted by Crippen LogP contribution is 2.29. The smallest absolute Gasteiger partial charge is 0.289 e. The van der Waals surface area contributed by atoms with E-state index in [0.29, 0.717) is 6.54 Å². The molecule has 1 aromatic heterocycles. The molecule has 8 heteroatoms. The summed E-state index contributed by atoms with van der Waals surface area (Å²) >= 11 is 2.89. The molecule has 0 N–H and O–H groups in total. The van der Waals surface area contributed by atoms with Gasteiger partial charge in [-0.2, -0.15) is 0 Å². The van der Waals surface area contributed by atoms with Crippen molar-refractivity contribution >= 4 is 41.6 Å². The van der Waals surface area contributed by atoms with Crippen LogP contribution in [0.25, 0.3) is 0 Å². The molecule has 0 radical (unpaired) electrons. The molecule has 0 atom stereocenters. The highest BCUT2D eigenvalue weighted by molar-refractivity contribution is 9.10. The molecular weight excluding hydrogens is 322 g/mol. The van der Waals surface area contributed by atoms with Crippen LogP contribution in [-0.2, 0) is 9.05 Å².